The molecule has 3 heteroatoms. The highest BCUT2D eigenvalue weighted by Crippen LogP contribution is 2.15. The summed E-state index contributed by atoms with van der Waals surface area (Å²) in [7, 11) is 0. The van der Waals surface area contributed by atoms with Crippen molar-refractivity contribution in [3.63, 3.8) is 0 Å². The van der Waals surface area contributed by atoms with Crippen LogP contribution in [0.15, 0.2) is 54.9 Å². The maximum Gasteiger partial charge on any atom is 0.199 e. The fourth-order valence-corrected chi connectivity index (χ4v) is 1.26. The van der Waals surface area contributed by atoms with Crippen LogP contribution in [0, 0.1) is 0 Å². The maximum absolute atomic E-state index is 5.52. The Bertz CT molecular complexity index is 384. The van der Waals surface area contributed by atoms with Crippen molar-refractivity contribution < 1.29 is 28.7 Å². The van der Waals surface area contributed by atoms with Crippen molar-refractivity contribution in [1.29, 1.82) is 0 Å². The van der Waals surface area contributed by atoms with Crippen LogP contribution >= 0.6 is 0 Å². The van der Waals surface area contributed by atoms with Crippen LogP contribution in [0.4, 0.5) is 0 Å². The monoisotopic (exact) mass is 298 g/mol. The van der Waals surface area contributed by atoms with Crippen LogP contribution in [-0.2, 0) is 0 Å². The molecule has 0 unspecified atom stereocenters. The molecule has 2 aromatic rings. The minimum absolute atomic E-state index is 0. The van der Waals surface area contributed by atoms with E-state index in [1.165, 1.54) is 15.8 Å². The van der Waals surface area contributed by atoms with Crippen molar-refractivity contribution in [3.8, 4) is 11.1 Å². The number of pyridine rings is 1. The fourth-order valence-electron chi connectivity index (χ4n) is 1.26. The molecule has 0 aliphatic heterocycles. The Morgan fingerprint density at radius 3 is 1.86 bits per heavy atom. The van der Waals surface area contributed by atoms with Gasteiger partial charge in [0.05, 0.1) is 0 Å². The van der Waals surface area contributed by atoms with Crippen LogP contribution in [0.3, 0.4) is 0 Å². The number of nitrogens with zero attached hydrogens (tertiary/aromatic N) is 1. The molecule has 14 heavy (non-hydrogen) atoms. The first kappa shape index (κ1) is 11.0. The lowest BCUT2D eigenvalue weighted by atomic mass is 10.1. The van der Waals surface area contributed by atoms with Gasteiger partial charge in [-0.25, -0.2) is 5.84 Å². The Morgan fingerprint density at radius 2 is 1.29 bits per heavy atom. The largest absolute Gasteiger partial charge is 1.00 e. The molecule has 0 fully saturated rings. The van der Waals surface area contributed by atoms with Crippen molar-refractivity contribution in [2.75, 3.05) is 5.84 Å². The normalized spacial score (nSPS) is 9.14. The number of aromatic nitrogens is 1. The summed E-state index contributed by atoms with van der Waals surface area (Å²) < 4.78 is 1.53. The van der Waals surface area contributed by atoms with Gasteiger partial charge < -0.3 is 24.0 Å². The number of halogens is 1. The first-order valence-electron chi connectivity index (χ1n) is 4.18. The Morgan fingerprint density at radius 1 is 0.786 bits per heavy atom. The van der Waals surface area contributed by atoms with Gasteiger partial charge in [-0.2, -0.15) is 0 Å². The van der Waals surface area contributed by atoms with Crippen LogP contribution in [0.5, 0.6) is 0 Å². The van der Waals surface area contributed by atoms with E-state index in [2.05, 4.69) is 12.1 Å². The molecule has 0 radical (unpaired) electrons. The summed E-state index contributed by atoms with van der Waals surface area (Å²) in [6, 6.07) is 14.2. The van der Waals surface area contributed by atoms with E-state index >= 15 is 0 Å². The first-order chi connectivity index (χ1) is 6.36. The molecule has 0 bridgehead atoms. The molecule has 1 aromatic carbocycles. The highest BCUT2D eigenvalue weighted by molar-refractivity contribution is 5.61. The minimum Gasteiger partial charge on any atom is -1.00 e. The van der Waals surface area contributed by atoms with Crippen LogP contribution < -0.4 is 34.5 Å². The second kappa shape index (κ2) is 4.95. The van der Waals surface area contributed by atoms with Crippen LogP contribution in [0.1, 0.15) is 0 Å². The van der Waals surface area contributed by atoms with E-state index in [0.29, 0.717) is 0 Å². The van der Waals surface area contributed by atoms with Gasteiger partial charge in [0.1, 0.15) is 0 Å². The number of nitrogen functional groups attached to an aromatic ring is 1. The topological polar surface area (TPSA) is 29.9 Å². The SMILES string of the molecule is N[n+]1ccc(-c2ccccc2)cc1.[I-]. The van der Waals surface area contributed by atoms with Crippen molar-refractivity contribution in [2.45, 2.75) is 0 Å². The van der Waals surface area contributed by atoms with E-state index in [0.717, 1.165) is 0 Å². The minimum atomic E-state index is 0. The van der Waals surface area contributed by atoms with Gasteiger partial charge >= 0.3 is 0 Å². The summed E-state index contributed by atoms with van der Waals surface area (Å²) in [5.41, 5.74) is 2.39. The molecule has 0 spiro atoms. The number of rotatable bonds is 1. The van der Waals surface area contributed by atoms with Crippen LogP contribution in [-0.4, -0.2) is 0 Å². The standard InChI is InChI=1S/C11H11N2.HI/c12-13-8-6-11(7-9-13)10-4-2-1-3-5-10;/h1-9H,12H2;1H/q+1;/p-1. The van der Waals surface area contributed by atoms with E-state index in [1.54, 1.807) is 0 Å². The Hall–Kier alpha value is -1.10. The predicted octanol–water partition coefficient (Wildman–Crippen LogP) is -1.64. The van der Waals surface area contributed by atoms with Crippen molar-refractivity contribution >= 4 is 0 Å². The molecular formula is C11H11IN2. The molecule has 0 aliphatic rings. The number of benzene rings is 1. The Kier molecular flexibility index (Phi) is 3.88. The summed E-state index contributed by atoms with van der Waals surface area (Å²) >= 11 is 0. The zero-order valence-electron chi connectivity index (χ0n) is 7.60. The molecule has 1 heterocycles. The third kappa shape index (κ3) is 2.45. The molecule has 0 atom stereocenters. The second-order valence-corrected chi connectivity index (χ2v) is 2.90. The Balaban J connectivity index is 0.000000980. The van der Waals surface area contributed by atoms with Crippen LogP contribution in [0.25, 0.3) is 11.1 Å². The zero-order chi connectivity index (χ0) is 9.10. The summed E-state index contributed by atoms with van der Waals surface area (Å²) in [5, 5.41) is 0. The second-order valence-electron chi connectivity index (χ2n) is 2.90. The summed E-state index contributed by atoms with van der Waals surface area (Å²) in [4.78, 5) is 0. The predicted molar refractivity (Wildman–Crippen MR) is 52.2 cm³/mol. The van der Waals surface area contributed by atoms with E-state index in [1.807, 2.05) is 42.7 Å². The van der Waals surface area contributed by atoms with Gasteiger partial charge in [0.15, 0.2) is 12.4 Å². The van der Waals surface area contributed by atoms with Crippen molar-refractivity contribution in [1.82, 2.24) is 0 Å². The molecule has 2 rings (SSSR count). The van der Waals surface area contributed by atoms with E-state index in [4.69, 9.17) is 5.84 Å². The zero-order valence-corrected chi connectivity index (χ0v) is 9.76. The van der Waals surface area contributed by atoms with Gasteiger partial charge in [0, 0.05) is 12.1 Å². The van der Waals surface area contributed by atoms with Gasteiger partial charge in [-0.05, 0) is 11.1 Å². The van der Waals surface area contributed by atoms with Gasteiger partial charge in [-0.1, -0.05) is 35.0 Å². The van der Waals surface area contributed by atoms with Gasteiger partial charge in [-0.15, -0.1) is 0 Å². The first-order valence-corrected chi connectivity index (χ1v) is 4.18. The molecule has 1 aromatic heterocycles. The lowest BCUT2D eigenvalue weighted by Gasteiger charge is -1.97. The van der Waals surface area contributed by atoms with E-state index < -0.39 is 0 Å². The van der Waals surface area contributed by atoms with E-state index in [9.17, 15) is 0 Å². The number of hydrogen-bond donors (Lipinski definition) is 1. The third-order valence-corrected chi connectivity index (χ3v) is 1.96. The smallest absolute Gasteiger partial charge is 0.199 e. The average molecular weight is 298 g/mol. The lowest BCUT2D eigenvalue weighted by molar-refractivity contribution is -0.638. The fraction of sp³-hybridized carbons (Fsp3) is 0. The molecule has 0 saturated heterocycles. The molecule has 0 aliphatic carbocycles. The Labute approximate surface area is 100 Å². The maximum atomic E-state index is 5.52. The summed E-state index contributed by atoms with van der Waals surface area (Å²) in [5.74, 6) is 5.52. The molecule has 0 saturated carbocycles. The lowest BCUT2D eigenvalue weighted by Crippen LogP contribution is -3.00. The highest BCUT2D eigenvalue weighted by atomic mass is 127. The molecule has 72 valence electrons. The quantitative estimate of drug-likeness (QED) is 0.382. The van der Waals surface area contributed by atoms with E-state index in [-0.39, 0.29) is 24.0 Å². The number of hydrogen-bond acceptors (Lipinski definition) is 1. The summed E-state index contributed by atoms with van der Waals surface area (Å²) in [6.07, 6.45) is 3.67. The number of nitrogens with two attached hydrogens (primary N) is 1. The summed E-state index contributed by atoms with van der Waals surface area (Å²) in [6.45, 7) is 0. The molecule has 2 nitrogen and oxygen atoms in total. The van der Waals surface area contributed by atoms with Crippen LogP contribution in [0.2, 0.25) is 0 Å². The van der Waals surface area contributed by atoms with Crippen molar-refractivity contribution in [3.05, 3.63) is 54.9 Å². The van der Waals surface area contributed by atoms with Gasteiger partial charge in [-0.3, -0.25) is 0 Å². The van der Waals surface area contributed by atoms with Gasteiger partial charge in [0.25, 0.3) is 0 Å². The van der Waals surface area contributed by atoms with Crippen molar-refractivity contribution in [2.24, 2.45) is 0 Å². The average Bonchev–Trinajstić information content (AvgIpc) is 2.20. The molecule has 0 amide bonds. The molecular weight excluding hydrogens is 287 g/mol. The third-order valence-electron chi connectivity index (χ3n) is 1.96. The molecule has 2 N–H and O–H groups in total. The highest BCUT2D eigenvalue weighted by Gasteiger charge is 1.97. The van der Waals surface area contributed by atoms with Gasteiger partial charge in [0.2, 0.25) is 0 Å².